The van der Waals surface area contributed by atoms with E-state index in [0.29, 0.717) is 10.7 Å². The van der Waals surface area contributed by atoms with E-state index in [1.165, 1.54) is 0 Å². The average Bonchev–Trinajstić information content (AvgIpc) is 3.01. The quantitative estimate of drug-likeness (QED) is 0.723. The lowest BCUT2D eigenvalue weighted by atomic mass is 10.1. The summed E-state index contributed by atoms with van der Waals surface area (Å²) in [5, 5.41) is 3.93. The molecule has 0 saturated heterocycles. The van der Waals surface area contributed by atoms with Crippen molar-refractivity contribution in [2.24, 2.45) is 0 Å². The third-order valence-corrected chi connectivity index (χ3v) is 3.99. The van der Waals surface area contributed by atoms with Crippen LogP contribution in [0, 0.1) is 0 Å². The first-order valence-electron chi connectivity index (χ1n) is 6.27. The first-order valence-corrected chi connectivity index (χ1v) is 6.65. The number of nitrogens with zero attached hydrogens (tertiary/aromatic N) is 2. The molecule has 4 rings (SSSR count). The largest absolute Gasteiger partial charge is 0.317 e. The minimum atomic E-state index is -0.198. The van der Waals surface area contributed by atoms with Gasteiger partial charge < -0.3 is 10.3 Å². The molecule has 1 unspecified atom stereocenters. The molecule has 0 spiro atoms. The van der Waals surface area contributed by atoms with Crippen molar-refractivity contribution in [1.82, 2.24) is 19.7 Å². The zero-order chi connectivity index (χ0) is 13.9. The number of nitrogens with one attached hydrogen (secondary N) is 2. The van der Waals surface area contributed by atoms with E-state index >= 15 is 0 Å². The highest BCUT2D eigenvalue weighted by molar-refractivity contribution is 6.31. The van der Waals surface area contributed by atoms with Gasteiger partial charge in [-0.2, -0.15) is 0 Å². The molecule has 108 valence electrons. The van der Waals surface area contributed by atoms with Crippen LogP contribution in [-0.4, -0.2) is 21.4 Å². The van der Waals surface area contributed by atoms with Crippen molar-refractivity contribution < 1.29 is 0 Å². The van der Waals surface area contributed by atoms with Crippen molar-refractivity contribution in [1.29, 1.82) is 0 Å². The highest BCUT2D eigenvalue weighted by Crippen LogP contribution is 2.42. The molecule has 0 radical (unpaired) electrons. The number of aromatic nitrogens is 3. The maximum absolute atomic E-state index is 12.1. The fourth-order valence-corrected chi connectivity index (χ4v) is 3.12. The van der Waals surface area contributed by atoms with Gasteiger partial charge in [0, 0.05) is 23.0 Å². The number of aromatic amines is 1. The van der Waals surface area contributed by atoms with Gasteiger partial charge in [-0.25, -0.2) is 4.98 Å². The van der Waals surface area contributed by atoms with Gasteiger partial charge in [0.2, 0.25) is 5.65 Å². The Hall–Kier alpha value is -1.82. The number of H-pyrrole nitrogens is 1. The van der Waals surface area contributed by atoms with Gasteiger partial charge >= 0.3 is 0 Å². The van der Waals surface area contributed by atoms with Gasteiger partial charge in [-0.15, -0.1) is 12.4 Å². The maximum atomic E-state index is 12.1. The molecule has 1 aliphatic rings. The summed E-state index contributed by atoms with van der Waals surface area (Å²) in [6, 6.07) is 5.73. The van der Waals surface area contributed by atoms with E-state index in [1.54, 1.807) is 12.4 Å². The molecule has 0 bridgehead atoms. The SMILES string of the molecule is CNC1c2ccc(Cl)cc2-c2[nH]c(=O)c3nccn3c21.Cl. The predicted molar refractivity (Wildman–Crippen MR) is 84.4 cm³/mol. The zero-order valence-electron chi connectivity index (χ0n) is 11.1. The summed E-state index contributed by atoms with van der Waals surface area (Å²) in [7, 11) is 1.89. The van der Waals surface area contributed by atoms with Crippen LogP contribution in [0.5, 0.6) is 0 Å². The molecule has 0 aliphatic heterocycles. The molecule has 0 saturated carbocycles. The molecule has 21 heavy (non-hydrogen) atoms. The molecule has 0 amide bonds. The summed E-state index contributed by atoms with van der Waals surface area (Å²) in [5.74, 6) is 0. The minimum Gasteiger partial charge on any atom is -0.317 e. The highest BCUT2D eigenvalue weighted by atomic mass is 35.5. The lowest BCUT2D eigenvalue weighted by molar-refractivity contribution is 0.676. The molecule has 1 aliphatic carbocycles. The van der Waals surface area contributed by atoms with Crippen LogP contribution in [0.25, 0.3) is 16.9 Å². The second-order valence-electron chi connectivity index (χ2n) is 4.79. The first kappa shape index (κ1) is 14.1. The third kappa shape index (κ3) is 1.82. The maximum Gasteiger partial charge on any atom is 0.292 e. The van der Waals surface area contributed by atoms with Crippen molar-refractivity contribution in [2.75, 3.05) is 7.05 Å². The Morgan fingerprint density at radius 1 is 1.43 bits per heavy atom. The summed E-state index contributed by atoms with van der Waals surface area (Å²) >= 11 is 6.09. The molecule has 3 aromatic rings. The topological polar surface area (TPSA) is 62.2 Å². The van der Waals surface area contributed by atoms with Crippen molar-refractivity contribution in [3.8, 4) is 11.3 Å². The molecule has 2 heterocycles. The van der Waals surface area contributed by atoms with E-state index in [-0.39, 0.29) is 24.0 Å². The van der Waals surface area contributed by atoms with Crippen LogP contribution in [0.1, 0.15) is 17.3 Å². The molecule has 1 aromatic carbocycles. The Labute approximate surface area is 131 Å². The van der Waals surface area contributed by atoms with Crippen LogP contribution >= 0.6 is 24.0 Å². The molecule has 0 fully saturated rings. The summed E-state index contributed by atoms with van der Waals surface area (Å²) < 4.78 is 1.84. The Morgan fingerprint density at radius 2 is 2.24 bits per heavy atom. The first-order chi connectivity index (χ1) is 9.70. The lowest BCUT2D eigenvalue weighted by Crippen LogP contribution is -2.20. The van der Waals surface area contributed by atoms with Crippen molar-refractivity contribution >= 4 is 29.7 Å². The lowest BCUT2D eigenvalue weighted by Gasteiger charge is -2.13. The number of fused-ring (bicyclic) bond motifs is 5. The minimum absolute atomic E-state index is 0. The Balaban J connectivity index is 0.00000132. The summed E-state index contributed by atoms with van der Waals surface area (Å²) in [4.78, 5) is 19.1. The number of rotatable bonds is 1. The van der Waals surface area contributed by atoms with Crippen LogP contribution < -0.4 is 10.9 Å². The van der Waals surface area contributed by atoms with Crippen LogP contribution in [-0.2, 0) is 0 Å². The summed E-state index contributed by atoms with van der Waals surface area (Å²) in [5.41, 5.74) is 4.05. The molecule has 2 N–H and O–H groups in total. The van der Waals surface area contributed by atoms with Gasteiger partial charge in [0.05, 0.1) is 17.4 Å². The zero-order valence-corrected chi connectivity index (χ0v) is 12.6. The van der Waals surface area contributed by atoms with Gasteiger partial charge in [0.1, 0.15) is 0 Å². The molecule has 1 atom stereocenters. The normalized spacial score (nSPS) is 15.6. The van der Waals surface area contributed by atoms with E-state index in [9.17, 15) is 4.79 Å². The molecule has 5 nitrogen and oxygen atoms in total. The van der Waals surface area contributed by atoms with Gasteiger partial charge in [-0.05, 0) is 24.7 Å². The van der Waals surface area contributed by atoms with E-state index in [2.05, 4.69) is 15.3 Å². The molecular formula is C14H12Cl2N4O. The summed E-state index contributed by atoms with van der Waals surface area (Å²) in [6.45, 7) is 0. The predicted octanol–water partition coefficient (Wildman–Crippen LogP) is 2.39. The summed E-state index contributed by atoms with van der Waals surface area (Å²) in [6.07, 6.45) is 3.44. The number of hydrogen-bond acceptors (Lipinski definition) is 3. The van der Waals surface area contributed by atoms with E-state index in [0.717, 1.165) is 22.5 Å². The Kier molecular flexibility index (Phi) is 3.28. The highest BCUT2D eigenvalue weighted by Gasteiger charge is 2.31. The Morgan fingerprint density at radius 3 is 3.00 bits per heavy atom. The second-order valence-corrected chi connectivity index (χ2v) is 5.22. The molecule has 7 heteroatoms. The van der Waals surface area contributed by atoms with Crippen LogP contribution in [0.3, 0.4) is 0 Å². The van der Waals surface area contributed by atoms with Crippen LogP contribution in [0.4, 0.5) is 0 Å². The van der Waals surface area contributed by atoms with Crippen LogP contribution in [0.2, 0.25) is 5.02 Å². The van der Waals surface area contributed by atoms with Gasteiger partial charge in [0.25, 0.3) is 5.56 Å². The van der Waals surface area contributed by atoms with Crippen molar-refractivity contribution in [2.45, 2.75) is 6.04 Å². The Bertz CT molecular complexity index is 900. The van der Waals surface area contributed by atoms with E-state index in [1.807, 2.05) is 29.6 Å². The van der Waals surface area contributed by atoms with Crippen LogP contribution in [0.15, 0.2) is 35.4 Å². The number of halogens is 2. The van der Waals surface area contributed by atoms with E-state index < -0.39 is 0 Å². The fourth-order valence-electron chi connectivity index (χ4n) is 2.94. The number of imidazole rings is 1. The van der Waals surface area contributed by atoms with Gasteiger partial charge in [-0.1, -0.05) is 17.7 Å². The standard InChI is InChI=1S/C14H11ClN4O.ClH/c1-16-10-8-3-2-7(15)6-9(8)11-12(10)19-5-4-17-13(19)14(20)18-11;/h2-6,10,16H,1H3,(H,18,20);1H. The van der Waals surface area contributed by atoms with Crippen molar-refractivity contribution in [3.05, 3.63) is 57.2 Å². The molecule has 2 aromatic heterocycles. The number of hydrogen-bond donors (Lipinski definition) is 2. The van der Waals surface area contributed by atoms with Crippen molar-refractivity contribution in [3.63, 3.8) is 0 Å². The van der Waals surface area contributed by atoms with E-state index in [4.69, 9.17) is 11.6 Å². The number of benzene rings is 1. The molecular weight excluding hydrogens is 311 g/mol. The average molecular weight is 323 g/mol. The third-order valence-electron chi connectivity index (χ3n) is 3.76. The van der Waals surface area contributed by atoms with Gasteiger partial charge in [0.15, 0.2) is 0 Å². The fraction of sp³-hybridized carbons (Fsp3) is 0.143. The smallest absolute Gasteiger partial charge is 0.292 e. The van der Waals surface area contributed by atoms with Gasteiger partial charge in [-0.3, -0.25) is 9.20 Å². The second kappa shape index (κ2) is 4.87. The monoisotopic (exact) mass is 322 g/mol.